The summed E-state index contributed by atoms with van der Waals surface area (Å²) in [6, 6.07) is 51.7. The number of benzene rings is 7. The third kappa shape index (κ3) is 4.84. The Morgan fingerprint density at radius 2 is 1.08 bits per heavy atom. The first-order chi connectivity index (χ1) is 23.8. The Labute approximate surface area is 286 Å². The Hall–Kier alpha value is -5.36. The number of rotatable bonds is 5. The number of furan rings is 1. The van der Waals surface area contributed by atoms with E-state index < -0.39 is 18.3 Å². The Balaban J connectivity index is 1.18. The molecule has 2 heterocycles. The molecule has 49 heavy (non-hydrogen) atoms. The van der Waals surface area contributed by atoms with E-state index in [1.807, 2.05) is 18.2 Å². The van der Waals surface area contributed by atoms with Crippen LogP contribution < -0.4 is 10.4 Å². The van der Waals surface area contributed by atoms with Gasteiger partial charge in [-0.25, -0.2) is 0 Å². The monoisotopic (exact) mass is 637 g/mol. The molecule has 0 unspecified atom stereocenters. The van der Waals surface area contributed by atoms with Gasteiger partial charge < -0.3 is 18.6 Å². The molecular formula is C44H36BNO3. The standard InChI is InChI=1S/C44H36BNO3/c1-43(2)44(3,4)49-45(48-43)31-22-26-33(27-23-31)46(39-17-11-19-41-42(39)37-16-9-10-18-40(37)47-41)32-24-20-29(21-25-32)38-28-30-12-5-6-13-34(30)35-14-7-8-15-36(35)38/h5-28H,1-4H3. The highest BCUT2D eigenvalue weighted by atomic mass is 16.7. The summed E-state index contributed by atoms with van der Waals surface area (Å²) in [5, 5.41) is 7.20. The van der Waals surface area contributed by atoms with E-state index in [0.717, 1.165) is 44.5 Å². The van der Waals surface area contributed by atoms with Crippen LogP contribution in [0.15, 0.2) is 150 Å². The molecule has 5 heteroatoms. The van der Waals surface area contributed by atoms with Crippen LogP contribution in [-0.2, 0) is 9.31 Å². The van der Waals surface area contributed by atoms with Gasteiger partial charge in [-0.15, -0.1) is 0 Å². The van der Waals surface area contributed by atoms with E-state index >= 15 is 0 Å². The Morgan fingerprint density at radius 1 is 0.510 bits per heavy atom. The van der Waals surface area contributed by atoms with E-state index in [1.165, 1.54) is 32.7 Å². The van der Waals surface area contributed by atoms with Crippen molar-refractivity contribution in [2.75, 3.05) is 4.90 Å². The Bertz CT molecular complexity index is 2500. The summed E-state index contributed by atoms with van der Waals surface area (Å²) in [6.07, 6.45) is 0. The van der Waals surface area contributed by atoms with Gasteiger partial charge in [0.2, 0.25) is 0 Å². The van der Waals surface area contributed by atoms with Crippen LogP contribution in [0.5, 0.6) is 0 Å². The van der Waals surface area contributed by atoms with Gasteiger partial charge in [0.15, 0.2) is 0 Å². The van der Waals surface area contributed by atoms with Crippen LogP contribution >= 0.6 is 0 Å². The van der Waals surface area contributed by atoms with E-state index in [-0.39, 0.29) is 0 Å². The zero-order chi connectivity index (χ0) is 33.3. The molecular weight excluding hydrogens is 601 g/mol. The summed E-state index contributed by atoms with van der Waals surface area (Å²) in [7, 11) is -0.426. The minimum Gasteiger partial charge on any atom is -0.456 e. The first-order valence-electron chi connectivity index (χ1n) is 16.9. The van der Waals surface area contributed by atoms with Crippen molar-refractivity contribution in [1.29, 1.82) is 0 Å². The minimum atomic E-state index is -0.426. The van der Waals surface area contributed by atoms with Crippen LogP contribution in [0.25, 0.3) is 54.6 Å². The van der Waals surface area contributed by atoms with Gasteiger partial charge in [-0.2, -0.15) is 0 Å². The van der Waals surface area contributed by atoms with Crippen molar-refractivity contribution < 1.29 is 13.7 Å². The first kappa shape index (κ1) is 29.8. The summed E-state index contributed by atoms with van der Waals surface area (Å²) < 4.78 is 19.1. The lowest BCUT2D eigenvalue weighted by Crippen LogP contribution is -2.41. The molecule has 0 amide bonds. The van der Waals surface area contributed by atoms with Gasteiger partial charge in [-0.1, -0.05) is 97.1 Å². The fourth-order valence-corrected chi connectivity index (χ4v) is 7.21. The Morgan fingerprint density at radius 3 is 1.80 bits per heavy atom. The summed E-state index contributed by atoms with van der Waals surface area (Å²) in [4.78, 5) is 2.32. The van der Waals surface area contributed by atoms with Gasteiger partial charge in [-0.05, 0) is 114 Å². The van der Waals surface area contributed by atoms with Gasteiger partial charge in [0, 0.05) is 16.8 Å². The molecule has 0 aliphatic carbocycles. The third-order valence-electron chi connectivity index (χ3n) is 10.5. The van der Waals surface area contributed by atoms with Gasteiger partial charge in [-0.3, -0.25) is 0 Å². The largest absolute Gasteiger partial charge is 0.494 e. The molecule has 0 saturated carbocycles. The van der Waals surface area contributed by atoms with Crippen molar-refractivity contribution in [1.82, 2.24) is 0 Å². The summed E-state index contributed by atoms with van der Waals surface area (Å²) >= 11 is 0. The first-order valence-corrected chi connectivity index (χ1v) is 16.9. The van der Waals surface area contributed by atoms with E-state index in [0.29, 0.717) is 0 Å². The minimum absolute atomic E-state index is 0.404. The number of nitrogens with zero attached hydrogens (tertiary/aromatic N) is 1. The van der Waals surface area contributed by atoms with E-state index in [4.69, 9.17) is 13.7 Å². The van der Waals surface area contributed by atoms with Crippen molar-refractivity contribution in [3.63, 3.8) is 0 Å². The molecule has 7 aromatic carbocycles. The molecule has 238 valence electrons. The van der Waals surface area contributed by atoms with Crippen LogP contribution in [0, 0.1) is 0 Å². The molecule has 0 bridgehead atoms. The molecule has 1 aliphatic heterocycles. The van der Waals surface area contributed by atoms with Crippen molar-refractivity contribution in [2.45, 2.75) is 38.9 Å². The van der Waals surface area contributed by atoms with Crippen LogP contribution in [0.1, 0.15) is 27.7 Å². The molecule has 0 spiro atoms. The molecule has 1 saturated heterocycles. The molecule has 8 aromatic rings. The van der Waals surface area contributed by atoms with Crippen molar-refractivity contribution >= 4 is 73.1 Å². The highest BCUT2D eigenvalue weighted by Crippen LogP contribution is 2.44. The highest BCUT2D eigenvalue weighted by Gasteiger charge is 2.51. The molecule has 0 atom stereocenters. The summed E-state index contributed by atoms with van der Waals surface area (Å²) in [5.74, 6) is 0. The average Bonchev–Trinajstić information content (AvgIpc) is 3.61. The second-order valence-electron chi connectivity index (χ2n) is 14.0. The maximum absolute atomic E-state index is 6.38. The molecule has 1 aromatic heterocycles. The van der Waals surface area contributed by atoms with Crippen LogP contribution in [0.3, 0.4) is 0 Å². The number of fused-ring (bicyclic) bond motifs is 6. The molecule has 1 fully saturated rings. The molecule has 0 radical (unpaired) electrons. The fourth-order valence-electron chi connectivity index (χ4n) is 7.21. The predicted molar refractivity (Wildman–Crippen MR) is 205 cm³/mol. The molecule has 0 N–H and O–H groups in total. The second-order valence-corrected chi connectivity index (χ2v) is 14.0. The van der Waals surface area contributed by atoms with E-state index in [2.05, 4.69) is 160 Å². The third-order valence-corrected chi connectivity index (χ3v) is 10.5. The van der Waals surface area contributed by atoms with E-state index in [9.17, 15) is 0 Å². The molecule has 1 aliphatic rings. The fraction of sp³-hybridized carbons (Fsp3) is 0.136. The number of hydrogen-bond acceptors (Lipinski definition) is 4. The molecule has 4 nitrogen and oxygen atoms in total. The van der Waals surface area contributed by atoms with Crippen molar-refractivity contribution in [3.05, 3.63) is 146 Å². The topological polar surface area (TPSA) is 34.8 Å². The maximum Gasteiger partial charge on any atom is 0.494 e. The smallest absolute Gasteiger partial charge is 0.456 e. The lowest BCUT2D eigenvalue weighted by molar-refractivity contribution is 0.00578. The summed E-state index contributed by atoms with van der Waals surface area (Å²) in [5.41, 5.74) is 7.45. The number of para-hydroxylation sites is 1. The van der Waals surface area contributed by atoms with Crippen LogP contribution in [-0.4, -0.2) is 18.3 Å². The quantitative estimate of drug-likeness (QED) is 0.139. The Kier molecular flexibility index (Phi) is 6.74. The average molecular weight is 638 g/mol. The van der Waals surface area contributed by atoms with Gasteiger partial charge in [0.05, 0.1) is 22.3 Å². The van der Waals surface area contributed by atoms with Crippen LogP contribution in [0.2, 0.25) is 0 Å². The highest BCUT2D eigenvalue weighted by molar-refractivity contribution is 6.62. The van der Waals surface area contributed by atoms with Crippen molar-refractivity contribution in [2.24, 2.45) is 0 Å². The van der Waals surface area contributed by atoms with Gasteiger partial charge >= 0.3 is 7.12 Å². The summed E-state index contributed by atoms with van der Waals surface area (Å²) in [6.45, 7) is 8.35. The van der Waals surface area contributed by atoms with Crippen LogP contribution in [0.4, 0.5) is 17.1 Å². The van der Waals surface area contributed by atoms with Crippen molar-refractivity contribution in [3.8, 4) is 11.1 Å². The van der Waals surface area contributed by atoms with E-state index in [1.54, 1.807) is 0 Å². The zero-order valence-corrected chi connectivity index (χ0v) is 28.1. The normalized spacial score (nSPS) is 15.5. The SMILES string of the molecule is CC1(C)OB(c2ccc(N(c3ccc(-c4cc5ccccc5c5ccccc45)cc3)c3cccc4oc5ccccc5c34)cc2)OC1(C)C. The lowest BCUT2D eigenvalue weighted by atomic mass is 9.79. The number of anilines is 3. The second kappa shape index (κ2) is 11.1. The van der Waals surface area contributed by atoms with Gasteiger partial charge in [0.1, 0.15) is 11.2 Å². The zero-order valence-electron chi connectivity index (χ0n) is 28.1. The maximum atomic E-state index is 6.38. The predicted octanol–water partition coefficient (Wildman–Crippen LogP) is 11.3. The molecule has 9 rings (SSSR count). The van der Waals surface area contributed by atoms with Gasteiger partial charge in [0.25, 0.3) is 0 Å². The number of hydrogen-bond donors (Lipinski definition) is 0. The lowest BCUT2D eigenvalue weighted by Gasteiger charge is -2.32.